The van der Waals surface area contributed by atoms with Gasteiger partial charge in [-0.25, -0.2) is 8.78 Å². The van der Waals surface area contributed by atoms with Crippen molar-refractivity contribution in [3.63, 3.8) is 0 Å². The van der Waals surface area contributed by atoms with Crippen LogP contribution in [-0.2, 0) is 4.74 Å². The second kappa shape index (κ2) is 5.76. The Hall–Kier alpha value is -1.00. The van der Waals surface area contributed by atoms with Crippen LogP contribution in [-0.4, -0.2) is 18.8 Å². The van der Waals surface area contributed by atoms with Crippen molar-refractivity contribution < 1.29 is 13.5 Å². The number of rotatable bonds is 4. The number of benzene rings is 1. The molecule has 1 saturated heterocycles. The van der Waals surface area contributed by atoms with E-state index >= 15 is 0 Å². The second-order valence-electron chi connectivity index (χ2n) is 4.93. The summed E-state index contributed by atoms with van der Waals surface area (Å²) in [6.07, 6.45) is 2.32. The summed E-state index contributed by atoms with van der Waals surface area (Å²) in [7, 11) is 0. The van der Waals surface area contributed by atoms with E-state index < -0.39 is 11.6 Å². The quantitative estimate of drug-likeness (QED) is 0.892. The number of hydrogen-bond acceptors (Lipinski definition) is 2. The summed E-state index contributed by atoms with van der Waals surface area (Å²) >= 11 is 0. The molecule has 1 fully saturated rings. The molecule has 1 aromatic carbocycles. The van der Waals surface area contributed by atoms with Gasteiger partial charge in [0.05, 0.1) is 6.10 Å². The zero-order valence-electron chi connectivity index (χ0n) is 10.7. The zero-order valence-corrected chi connectivity index (χ0v) is 10.7. The van der Waals surface area contributed by atoms with Crippen molar-refractivity contribution >= 4 is 0 Å². The van der Waals surface area contributed by atoms with Gasteiger partial charge < -0.3 is 10.1 Å². The van der Waals surface area contributed by atoms with Crippen LogP contribution in [0.5, 0.6) is 0 Å². The van der Waals surface area contributed by atoms with Crippen molar-refractivity contribution in [1.82, 2.24) is 5.32 Å². The molecule has 100 valence electrons. The third-order valence-corrected chi connectivity index (χ3v) is 3.42. The summed E-state index contributed by atoms with van der Waals surface area (Å²) in [5, 5.41) is 3.33. The fourth-order valence-electron chi connectivity index (χ4n) is 2.42. The highest BCUT2D eigenvalue weighted by molar-refractivity contribution is 5.21. The van der Waals surface area contributed by atoms with E-state index in [-0.39, 0.29) is 18.2 Å². The van der Waals surface area contributed by atoms with Gasteiger partial charge in [0.15, 0.2) is 0 Å². The molecule has 4 heteroatoms. The van der Waals surface area contributed by atoms with Crippen LogP contribution in [0.3, 0.4) is 0 Å². The van der Waals surface area contributed by atoms with Gasteiger partial charge in [-0.15, -0.1) is 0 Å². The third-order valence-electron chi connectivity index (χ3n) is 3.42. The van der Waals surface area contributed by atoms with Crippen LogP contribution in [0.2, 0.25) is 0 Å². The van der Waals surface area contributed by atoms with Crippen LogP contribution in [0, 0.1) is 11.6 Å². The van der Waals surface area contributed by atoms with E-state index in [2.05, 4.69) is 5.32 Å². The summed E-state index contributed by atoms with van der Waals surface area (Å²) in [5.74, 6) is -1.08. The van der Waals surface area contributed by atoms with Gasteiger partial charge in [-0.05, 0) is 44.4 Å². The molecule has 3 unspecified atom stereocenters. The first-order valence-electron chi connectivity index (χ1n) is 6.40. The average molecular weight is 255 g/mol. The lowest BCUT2D eigenvalue weighted by atomic mass is 10.0. The van der Waals surface area contributed by atoms with Crippen LogP contribution in [0.15, 0.2) is 18.2 Å². The lowest BCUT2D eigenvalue weighted by molar-refractivity contribution is 0.0804. The van der Waals surface area contributed by atoms with Crippen molar-refractivity contribution in [3.8, 4) is 0 Å². The first-order chi connectivity index (χ1) is 8.56. The van der Waals surface area contributed by atoms with Gasteiger partial charge >= 0.3 is 0 Å². The van der Waals surface area contributed by atoms with E-state index in [1.807, 2.05) is 13.8 Å². The van der Waals surface area contributed by atoms with E-state index in [9.17, 15) is 8.78 Å². The molecule has 0 saturated carbocycles. The molecule has 1 N–H and O–H groups in total. The molecule has 2 nitrogen and oxygen atoms in total. The molecule has 0 bridgehead atoms. The van der Waals surface area contributed by atoms with Gasteiger partial charge in [0, 0.05) is 24.8 Å². The minimum Gasteiger partial charge on any atom is -0.377 e. The minimum atomic E-state index is -0.539. The lowest BCUT2D eigenvalue weighted by Gasteiger charge is -2.24. The third kappa shape index (κ3) is 3.27. The molecule has 0 radical (unpaired) electrons. The SMILES string of the molecule is CC(NC(C)C1CCCO1)c1cc(F)cc(F)c1. The normalized spacial score (nSPS) is 23.0. The first-order valence-corrected chi connectivity index (χ1v) is 6.40. The predicted molar refractivity (Wildman–Crippen MR) is 66.3 cm³/mol. The van der Waals surface area contributed by atoms with Gasteiger partial charge in [-0.1, -0.05) is 0 Å². The highest BCUT2D eigenvalue weighted by atomic mass is 19.1. The Morgan fingerprint density at radius 3 is 2.44 bits per heavy atom. The van der Waals surface area contributed by atoms with Crippen LogP contribution < -0.4 is 5.32 Å². The van der Waals surface area contributed by atoms with Crippen LogP contribution in [0.25, 0.3) is 0 Å². The molecule has 0 aliphatic carbocycles. The van der Waals surface area contributed by atoms with Gasteiger partial charge in [0.25, 0.3) is 0 Å². The Kier molecular flexibility index (Phi) is 4.30. The van der Waals surface area contributed by atoms with Crippen LogP contribution in [0.1, 0.15) is 38.3 Å². The average Bonchev–Trinajstić information content (AvgIpc) is 2.80. The maximum Gasteiger partial charge on any atom is 0.126 e. The predicted octanol–water partition coefficient (Wildman–Crippen LogP) is 3.18. The van der Waals surface area contributed by atoms with Gasteiger partial charge in [0.2, 0.25) is 0 Å². The molecule has 0 amide bonds. The van der Waals surface area contributed by atoms with E-state index in [1.165, 1.54) is 12.1 Å². The van der Waals surface area contributed by atoms with E-state index in [0.29, 0.717) is 5.56 Å². The Morgan fingerprint density at radius 1 is 1.22 bits per heavy atom. The molecule has 1 aromatic rings. The van der Waals surface area contributed by atoms with Crippen molar-refractivity contribution in [2.45, 2.75) is 44.9 Å². The monoisotopic (exact) mass is 255 g/mol. The summed E-state index contributed by atoms with van der Waals surface area (Å²) in [5.41, 5.74) is 0.623. The number of ether oxygens (including phenoxy) is 1. The Bertz CT molecular complexity index is 385. The summed E-state index contributed by atoms with van der Waals surface area (Å²) in [4.78, 5) is 0. The number of hydrogen-bond donors (Lipinski definition) is 1. The summed E-state index contributed by atoms with van der Waals surface area (Å²) in [6.45, 7) is 4.75. The van der Waals surface area contributed by atoms with Crippen molar-refractivity contribution in [2.24, 2.45) is 0 Å². The minimum absolute atomic E-state index is 0.102. The van der Waals surface area contributed by atoms with Gasteiger partial charge in [-0.3, -0.25) is 0 Å². The molecule has 18 heavy (non-hydrogen) atoms. The molecule has 3 atom stereocenters. The highest BCUT2D eigenvalue weighted by Crippen LogP contribution is 2.20. The first kappa shape index (κ1) is 13.4. The van der Waals surface area contributed by atoms with Crippen molar-refractivity contribution in [1.29, 1.82) is 0 Å². The van der Waals surface area contributed by atoms with E-state index in [4.69, 9.17) is 4.74 Å². The molecule has 1 aliphatic heterocycles. The fourth-order valence-corrected chi connectivity index (χ4v) is 2.42. The smallest absolute Gasteiger partial charge is 0.126 e. The molecule has 1 heterocycles. The maximum atomic E-state index is 13.1. The summed E-state index contributed by atoms with van der Waals surface area (Å²) < 4.78 is 31.9. The standard InChI is InChI=1S/C14H19F2NO/c1-9(11-6-12(15)8-13(16)7-11)17-10(2)14-4-3-5-18-14/h6-10,14,17H,3-5H2,1-2H3. The Labute approximate surface area is 106 Å². The van der Waals surface area contributed by atoms with Gasteiger partial charge in [-0.2, -0.15) is 0 Å². The zero-order chi connectivity index (χ0) is 13.1. The number of nitrogens with one attached hydrogen (secondary N) is 1. The molecular weight excluding hydrogens is 236 g/mol. The fraction of sp³-hybridized carbons (Fsp3) is 0.571. The molecule has 2 rings (SSSR count). The van der Waals surface area contributed by atoms with Crippen LogP contribution >= 0.6 is 0 Å². The lowest BCUT2D eigenvalue weighted by Crippen LogP contribution is -2.38. The van der Waals surface area contributed by atoms with Crippen LogP contribution in [0.4, 0.5) is 8.78 Å². The largest absolute Gasteiger partial charge is 0.377 e. The van der Waals surface area contributed by atoms with E-state index in [1.54, 1.807) is 0 Å². The maximum absolute atomic E-state index is 13.1. The molecule has 1 aliphatic rings. The molecule has 0 spiro atoms. The topological polar surface area (TPSA) is 21.3 Å². The van der Waals surface area contributed by atoms with Gasteiger partial charge in [0.1, 0.15) is 11.6 Å². The van der Waals surface area contributed by atoms with Crippen molar-refractivity contribution in [3.05, 3.63) is 35.4 Å². The number of halogens is 2. The Morgan fingerprint density at radius 2 is 1.89 bits per heavy atom. The molecular formula is C14H19F2NO. The summed E-state index contributed by atoms with van der Waals surface area (Å²) in [6, 6.07) is 3.69. The Balaban J connectivity index is 1.99. The highest BCUT2D eigenvalue weighted by Gasteiger charge is 2.23. The van der Waals surface area contributed by atoms with E-state index in [0.717, 1.165) is 25.5 Å². The molecule has 0 aromatic heterocycles. The van der Waals surface area contributed by atoms with Crippen molar-refractivity contribution in [2.75, 3.05) is 6.61 Å². The second-order valence-corrected chi connectivity index (χ2v) is 4.93.